The molecule has 0 bridgehead atoms. The second kappa shape index (κ2) is 5.22. The van der Waals surface area contributed by atoms with E-state index in [4.69, 9.17) is 4.74 Å². The van der Waals surface area contributed by atoms with Crippen LogP contribution < -0.4 is 0 Å². The van der Waals surface area contributed by atoms with E-state index in [1.165, 1.54) is 0 Å². The first-order valence-electron chi connectivity index (χ1n) is 6.66. The van der Waals surface area contributed by atoms with Crippen LogP contribution in [0.5, 0.6) is 0 Å². The number of pyridine rings is 1. The molecule has 0 saturated carbocycles. The monoisotopic (exact) mass is 275 g/mol. The van der Waals surface area contributed by atoms with Crippen molar-refractivity contribution in [2.24, 2.45) is 0 Å². The summed E-state index contributed by atoms with van der Waals surface area (Å²) in [5, 5.41) is 9.35. The van der Waals surface area contributed by atoms with Crippen molar-refractivity contribution in [3.63, 3.8) is 0 Å². The average Bonchev–Trinajstić information content (AvgIpc) is 2.78. The van der Waals surface area contributed by atoms with Crippen LogP contribution in [0.25, 0.3) is 5.65 Å². The van der Waals surface area contributed by atoms with Crippen molar-refractivity contribution in [2.75, 3.05) is 26.3 Å². The van der Waals surface area contributed by atoms with E-state index in [1.54, 1.807) is 0 Å². The minimum Gasteiger partial charge on any atom is -0.476 e. The first-order valence-corrected chi connectivity index (χ1v) is 6.66. The van der Waals surface area contributed by atoms with E-state index in [9.17, 15) is 9.90 Å². The first kappa shape index (κ1) is 13.1. The highest BCUT2D eigenvalue weighted by Crippen LogP contribution is 2.17. The van der Waals surface area contributed by atoms with Crippen molar-refractivity contribution in [3.05, 3.63) is 35.3 Å². The van der Waals surface area contributed by atoms with Gasteiger partial charge in [0.2, 0.25) is 0 Å². The van der Waals surface area contributed by atoms with Gasteiger partial charge in [0.1, 0.15) is 5.65 Å². The highest BCUT2D eigenvalue weighted by molar-refractivity contribution is 5.88. The number of aryl methyl sites for hydroxylation is 1. The SMILES string of the molecule is Cc1ccc2nc(C(=O)O)c(CN3CCOCC3)n2c1. The summed E-state index contributed by atoms with van der Waals surface area (Å²) in [5.41, 5.74) is 2.63. The van der Waals surface area contributed by atoms with E-state index in [1.807, 2.05) is 29.7 Å². The van der Waals surface area contributed by atoms with Gasteiger partial charge in [-0.25, -0.2) is 9.78 Å². The number of aromatic nitrogens is 2. The fourth-order valence-corrected chi connectivity index (χ4v) is 2.49. The van der Waals surface area contributed by atoms with Crippen LogP contribution in [0.2, 0.25) is 0 Å². The Morgan fingerprint density at radius 1 is 1.40 bits per heavy atom. The second-order valence-corrected chi connectivity index (χ2v) is 5.04. The Hall–Kier alpha value is -1.92. The third kappa shape index (κ3) is 2.39. The molecule has 6 heteroatoms. The summed E-state index contributed by atoms with van der Waals surface area (Å²) in [5.74, 6) is -0.977. The molecule has 0 aromatic carbocycles. The van der Waals surface area contributed by atoms with Gasteiger partial charge in [0.15, 0.2) is 5.69 Å². The molecule has 0 unspecified atom stereocenters. The van der Waals surface area contributed by atoms with Crippen molar-refractivity contribution in [3.8, 4) is 0 Å². The number of carbonyl (C=O) groups is 1. The second-order valence-electron chi connectivity index (χ2n) is 5.04. The van der Waals surface area contributed by atoms with E-state index in [0.29, 0.717) is 25.4 Å². The number of carboxylic acids is 1. The molecular formula is C14H17N3O3. The number of fused-ring (bicyclic) bond motifs is 1. The Bertz CT molecular complexity index is 644. The normalized spacial score (nSPS) is 16.6. The molecule has 1 N–H and O–H groups in total. The van der Waals surface area contributed by atoms with Crippen molar-refractivity contribution >= 4 is 11.6 Å². The zero-order valence-electron chi connectivity index (χ0n) is 11.4. The molecule has 0 atom stereocenters. The number of hydrogen-bond acceptors (Lipinski definition) is 4. The summed E-state index contributed by atoms with van der Waals surface area (Å²) >= 11 is 0. The van der Waals surface area contributed by atoms with Crippen LogP contribution in [-0.4, -0.2) is 51.7 Å². The minimum atomic E-state index is -0.977. The van der Waals surface area contributed by atoms with Crippen molar-refractivity contribution in [1.29, 1.82) is 0 Å². The summed E-state index contributed by atoms with van der Waals surface area (Å²) in [4.78, 5) is 17.8. The van der Waals surface area contributed by atoms with Crippen LogP contribution in [0.3, 0.4) is 0 Å². The van der Waals surface area contributed by atoms with E-state index in [-0.39, 0.29) is 5.69 Å². The van der Waals surface area contributed by atoms with Gasteiger partial charge in [-0.2, -0.15) is 0 Å². The molecule has 6 nitrogen and oxygen atoms in total. The maximum Gasteiger partial charge on any atom is 0.356 e. The number of ether oxygens (including phenoxy) is 1. The number of morpholine rings is 1. The molecule has 3 rings (SSSR count). The molecule has 3 heterocycles. The van der Waals surface area contributed by atoms with Gasteiger partial charge in [-0.3, -0.25) is 4.90 Å². The number of rotatable bonds is 3. The fraction of sp³-hybridized carbons (Fsp3) is 0.429. The summed E-state index contributed by atoms with van der Waals surface area (Å²) in [7, 11) is 0. The van der Waals surface area contributed by atoms with Gasteiger partial charge >= 0.3 is 5.97 Å². The zero-order chi connectivity index (χ0) is 14.1. The predicted octanol–water partition coefficient (Wildman–Crippen LogP) is 1.17. The number of nitrogens with zero attached hydrogens (tertiary/aromatic N) is 3. The lowest BCUT2D eigenvalue weighted by Crippen LogP contribution is -2.36. The highest BCUT2D eigenvalue weighted by Gasteiger charge is 2.21. The molecule has 1 aliphatic heterocycles. The lowest BCUT2D eigenvalue weighted by atomic mass is 10.2. The topological polar surface area (TPSA) is 67.1 Å². The van der Waals surface area contributed by atoms with Gasteiger partial charge in [0.05, 0.1) is 18.9 Å². The molecule has 2 aromatic rings. The van der Waals surface area contributed by atoms with Crippen LogP contribution in [-0.2, 0) is 11.3 Å². The molecule has 20 heavy (non-hydrogen) atoms. The standard InChI is InChI=1S/C14H17N3O3/c1-10-2-3-12-15-13(14(18)19)11(17(12)8-10)9-16-4-6-20-7-5-16/h2-3,8H,4-7,9H2,1H3,(H,18,19). The van der Waals surface area contributed by atoms with Crippen LogP contribution in [0.1, 0.15) is 21.7 Å². The van der Waals surface area contributed by atoms with E-state index < -0.39 is 5.97 Å². The van der Waals surface area contributed by atoms with Crippen LogP contribution >= 0.6 is 0 Å². The summed E-state index contributed by atoms with van der Waals surface area (Å²) in [6.45, 7) is 5.58. The minimum absolute atomic E-state index is 0.141. The smallest absolute Gasteiger partial charge is 0.356 e. The zero-order valence-corrected chi connectivity index (χ0v) is 11.4. The Kier molecular flexibility index (Phi) is 3.42. The van der Waals surface area contributed by atoms with Crippen LogP contribution in [0, 0.1) is 6.92 Å². The molecule has 0 radical (unpaired) electrons. The van der Waals surface area contributed by atoms with Crippen molar-refractivity contribution < 1.29 is 14.6 Å². The third-order valence-electron chi connectivity index (χ3n) is 3.55. The van der Waals surface area contributed by atoms with Gasteiger partial charge in [-0.15, -0.1) is 0 Å². The summed E-state index contributed by atoms with van der Waals surface area (Å²) in [6, 6.07) is 3.79. The predicted molar refractivity (Wildman–Crippen MR) is 73.0 cm³/mol. The van der Waals surface area contributed by atoms with Crippen molar-refractivity contribution in [2.45, 2.75) is 13.5 Å². The molecule has 2 aromatic heterocycles. The molecular weight excluding hydrogens is 258 g/mol. The lowest BCUT2D eigenvalue weighted by Gasteiger charge is -2.26. The quantitative estimate of drug-likeness (QED) is 0.911. The average molecular weight is 275 g/mol. The van der Waals surface area contributed by atoms with E-state index in [0.717, 1.165) is 24.3 Å². The summed E-state index contributed by atoms with van der Waals surface area (Å²) < 4.78 is 7.21. The number of aromatic carboxylic acids is 1. The molecule has 0 aliphatic carbocycles. The number of carboxylic acid groups (broad SMARTS) is 1. The fourth-order valence-electron chi connectivity index (χ4n) is 2.49. The van der Waals surface area contributed by atoms with Crippen LogP contribution in [0.4, 0.5) is 0 Å². The molecule has 1 aliphatic rings. The third-order valence-corrected chi connectivity index (χ3v) is 3.55. The Morgan fingerprint density at radius 2 is 2.15 bits per heavy atom. The van der Waals surface area contributed by atoms with E-state index in [2.05, 4.69) is 9.88 Å². The van der Waals surface area contributed by atoms with Gasteiger partial charge < -0.3 is 14.2 Å². The number of hydrogen-bond donors (Lipinski definition) is 1. The van der Waals surface area contributed by atoms with Crippen LogP contribution in [0.15, 0.2) is 18.3 Å². The first-order chi connectivity index (χ1) is 9.65. The molecule has 1 fully saturated rings. The summed E-state index contributed by atoms with van der Waals surface area (Å²) in [6.07, 6.45) is 1.94. The largest absolute Gasteiger partial charge is 0.476 e. The maximum absolute atomic E-state index is 11.4. The van der Waals surface area contributed by atoms with Gasteiger partial charge in [0.25, 0.3) is 0 Å². The molecule has 1 saturated heterocycles. The Morgan fingerprint density at radius 3 is 2.85 bits per heavy atom. The molecule has 0 amide bonds. The molecule has 0 spiro atoms. The lowest BCUT2D eigenvalue weighted by molar-refractivity contribution is 0.0332. The van der Waals surface area contributed by atoms with E-state index >= 15 is 0 Å². The van der Waals surface area contributed by atoms with Gasteiger partial charge in [0, 0.05) is 25.8 Å². The Labute approximate surface area is 116 Å². The highest BCUT2D eigenvalue weighted by atomic mass is 16.5. The van der Waals surface area contributed by atoms with Gasteiger partial charge in [-0.05, 0) is 18.6 Å². The molecule has 106 valence electrons. The van der Waals surface area contributed by atoms with Gasteiger partial charge in [-0.1, -0.05) is 6.07 Å². The maximum atomic E-state index is 11.4. The number of imidazole rings is 1. The van der Waals surface area contributed by atoms with Crippen molar-refractivity contribution in [1.82, 2.24) is 14.3 Å². The Balaban J connectivity index is 2.03.